The largest absolute Gasteiger partial charge is 0.229 e. The van der Waals surface area contributed by atoms with Crippen LogP contribution in [-0.2, 0) is 19.9 Å². The molecule has 0 amide bonds. The summed E-state index contributed by atoms with van der Waals surface area (Å²) in [6.45, 7) is 0. The van der Waals surface area contributed by atoms with Crippen molar-refractivity contribution in [2.45, 2.75) is 0 Å². The minimum atomic E-state index is -3.89. The van der Waals surface area contributed by atoms with Gasteiger partial charge < -0.3 is 0 Å². The van der Waals surface area contributed by atoms with E-state index in [1.165, 1.54) is 0 Å². The van der Waals surface area contributed by atoms with Gasteiger partial charge in [0, 0.05) is 6.26 Å². The normalized spacial score (nSPS) is 13.4. The highest BCUT2D eigenvalue weighted by molar-refractivity contribution is 7.93. The van der Waals surface area contributed by atoms with Crippen LogP contribution in [0.1, 0.15) is 0 Å². The Morgan fingerprint density at radius 3 is 1.60 bits per heavy atom. The molecular formula is C3H8NO4S2. The fourth-order valence-corrected chi connectivity index (χ4v) is 2.35. The Bertz CT molecular complexity index is 254. The van der Waals surface area contributed by atoms with E-state index in [1.54, 1.807) is 0 Å². The molecule has 0 aromatic rings. The van der Waals surface area contributed by atoms with E-state index in [4.69, 9.17) is 5.14 Å². The van der Waals surface area contributed by atoms with Crippen molar-refractivity contribution in [1.29, 1.82) is 0 Å². The number of nitrogens with one attached hydrogen (secondary N) is 1. The van der Waals surface area contributed by atoms with Crippen LogP contribution in [0.4, 0.5) is 0 Å². The van der Waals surface area contributed by atoms with Gasteiger partial charge in [-0.15, -0.1) is 5.14 Å². The van der Waals surface area contributed by atoms with Crippen molar-refractivity contribution in [3.8, 4) is 0 Å². The second-order valence-electron chi connectivity index (χ2n) is 1.95. The molecule has 0 atom stereocenters. The fourth-order valence-electron chi connectivity index (χ4n) is 0.261. The molecule has 0 aliphatic heterocycles. The van der Waals surface area contributed by atoms with E-state index in [9.17, 15) is 16.8 Å². The zero-order chi connectivity index (χ0) is 8.41. The second-order valence-corrected chi connectivity index (χ2v) is 5.85. The van der Waals surface area contributed by atoms with Crippen molar-refractivity contribution >= 4 is 19.9 Å². The van der Waals surface area contributed by atoms with Crippen molar-refractivity contribution in [2.75, 3.05) is 17.8 Å². The van der Waals surface area contributed by atoms with Crippen molar-refractivity contribution in [2.24, 2.45) is 0 Å². The van der Waals surface area contributed by atoms with Crippen molar-refractivity contribution < 1.29 is 16.8 Å². The Morgan fingerprint density at radius 1 is 1.10 bits per heavy atom. The van der Waals surface area contributed by atoms with E-state index < -0.39 is 31.4 Å². The topological polar surface area (TPSA) is 92.1 Å². The fraction of sp³-hybridized carbons (Fsp3) is 1.00. The van der Waals surface area contributed by atoms with Gasteiger partial charge in [0.2, 0.25) is 10.0 Å². The van der Waals surface area contributed by atoms with Crippen molar-refractivity contribution in [3.63, 3.8) is 0 Å². The summed E-state index contributed by atoms with van der Waals surface area (Å²) in [7, 11) is -7.14. The predicted octanol–water partition coefficient (Wildman–Crippen LogP) is -1.36. The number of hydrogen-bond donors (Lipinski definition) is 0. The third-order valence-corrected chi connectivity index (χ3v) is 2.67. The average molecular weight is 186 g/mol. The van der Waals surface area contributed by atoms with E-state index >= 15 is 0 Å². The zero-order valence-corrected chi connectivity index (χ0v) is 7.00. The van der Waals surface area contributed by atoms with Crippen molar-refractivity contribution in [3.05, 3.63) is 0 Å². The summed E-state index contributed by atoms with van der Waals surface area (Å²) in [6, 6.07) is 0. The third-order valence-electron chi connectivity index (χ3n) is 0.723. The molecule has 5 nitrogen and oxygen atoms in total. The predicted molar refractivity (Wildman–Crippen MR) is 36.6 cm³/mol. The first-order chi connectivity index (χ1) is 4.21. The molecule has 0 saturated heterocycles. The molecule has 0 bridgehead atoms. The van der Waals surface area contributed by atoms with Gasteiger partial charge >= 0.3 is 0 Å². The minimum Gasteiger partial charge on any atom is -0.229 e. The maximum absolute atomic E-state index is 10.3. The summed E-state index contributed by atoms with van der Waals surface area (Å²) in [5.74, 6) is -1.09. The van der Waals surface area contributed by atoms with Gasteiger partial charge in [-0.25, -0.2) is 16.8 Å². The van der Waals surface area contributed by atoms with E-state index in [2.05, 4.69) is 0 Å². The summed E-state index contributed by atoms with van der Waals surface area (Å²) < 4.78 is 40.8. The number of rotatable bonds is 3. The highest BCUT2D eigenvalue weighted by atomic mass is 32.2. The van der Waals surface area contributed by atoms with Crippen LogP contribution in [0.3, 0.4) is 0 Å². The quantitative estimate of drug-likeness (QED) is 0.544. The number of sulfone groups is 1. The zero-order valence-electron chi connectivity index (χ0n) is 5.36. The van der Waals surface area contributed by atoms with Crippen molar-refractivity contribution in [1.82, 2.24) is 5.14 Å². The van der Waals surface area contributed by atoms with E-state index in [-0.39, 0.29) is 0 Å². The molecule has 0 fully saturated rings. The van der Waals surface area contributed by atoms with Gasteiger partial charge in [0.15, 0.2) is 0 Å². The van der Waals surface area contributed by atoms with Gasteiger partial charge in [-0.05, 0) is 0 Å². The van der Waals surface area contributed by atoms with E-state index in [0.717, 1.165) is 6.26 Å². The van der Waals surface area contributed by atoms with Gasteiger partial charge in [0.25, 0.3) is 0 Å². The molecule has 1 radical (unpaired) electrons. The SMILES string of the molecule is CS(=O)(=O)CCS([NH])(=O)=O. The molecule has 0 saturated carbocycles. The molecule has 0 aliphatic rings. The van der Waals surface area contributed by atoms with Gasteiger partial charge in [0.05, 0.1) is 11.5 Å². The van der Waals surface area contributed by atoms with Gasteiger partial charge in [-0.1, -0.05) is 0 Å². The lowest BCUT2D eigenvalue weighted by atomic mass is 11.0. The average Bonchev–Trinajstić information content (AvgIpc) is 1.57. The van der Waals surface area contributed by atoms with Crippen LogP contribution in [0.25, 0.3) is 0 Å². The first-order valence-corrected chi connectivity index (χ1v) is 6.07. The van der Waals surface area contributed by atoms with Crippen LogP contribution in [0.2, 0.25) is 0 Å². The van der Waals surface area contributed by atoms with Gasteiger partial charge in [-0.3, -0.25) is 0 Å². The first-order valence-electron chi connectivity index (χ1n) is 2.36. The summed E-state index contributed by atoms with van der Waals surface area (Å²) >= 11 is 0. The number of hydrogen-bond acceptors (Lipinski definition) is 4. The Balaban J connectivity index is 4.05. The molecule has 10 heavy (non-hydrogen) atoms. The van der Waals surface area contributed by atoms with Crippen LogP contribution < -0.4 is 5.14 Å². The second kappa shape index (κ2) is 2.85. The first kappa shape index (κ1) is 9.86. The van der Waals surface area contributed by atoms with Crippen LogP contribution in [0.15, 0.2) is 0 Å². The van der Waals surface area contributed by atoms with Crippen LogP contribution in [0.5, 0.6) is 0 Å². The molecule has 0 heterocycles. The number of sulfonamides is 1. The van der Waals surface area contributed by atoms with E-state index in [0.29, 0.717) is 0 Å². The van der Waals surface area contributed by atoms with Crippen LogP contribution in [-0.4, -0.2) is 34.6 Å². The molecule has 0 aromatic carbocycles. The lowest BCUT2D eigenvalue weighted by Gasteiger charge is -1.93. The maximum atomic E-state index is 10.3. The Kier molecular flexibility index (Phi) is 2.81. The highest BCUT2D eigenvalue weighted by Crippen LogP contribution is 1.86. The highest BCUT2D eigenvalue weighted by Gasteiger charge is 2.09. The summed E-state index contributed by atoms with van der Waals surface area (Å²) in [4.78, 5) is 0. The molecular weight excluding hydrogens is 178 g/mol. The molecule has 0 spiro atoms. The van der Waals surface area contributed by atoms with Crippen LogP contribution in [0, 0.1) is 0 Å². The lowest BCUT2D eigenvalue weighted by molar-refractivity contribution is 0.590. The summed E-state index contributed by atoms with van der Waals surface area (Å²) in [6.07, 6.45) is 0.929. The van der Waals surface area contributed by atoms with Gasteiger partial charge in [0.1, 0.15) is 9.84 Å². The van der Waals surface area contributed by atoms with Gasteiger partial charge in [-0.2, -0.15) is 0 Å². The van der Waals surface area contributed by atoms with Crippen LogP contribution >= 0.6 is 0 Å². The molecule has 1 N–H and O–H groups in total. The monoisotopic (exact) mass is 186 g/mol. The molecule has 0 unspecified atom stereocenters. The standard InChI is InChI=1S/C3H8NO4S2/c1-9(5,6)2-3-10(4,7)8/h4H,2-3H2,1H3. The molecule has 0 rings (SSSR count). The smallest absolute Gasteiger partial charge is 0.226 e. The molecule has 61 valence electrons. The maximum Gasteiger partial charge on any atom is 0.226 e. The molecule has 7 heteroatoms. The van der Waals surface area contributed by atoms with E-state index in [1.807, 2.05) is 0 Å². The Hall–Kier alpha value is -0.140. The minimum absolute atomic E-state index is 0.473. The lowest BCUT2D eigenvalue weighted by Crippen LogP contribution is -2.16. The summed E-state index contributed by atoms with van der Waals surface area (Å²) in [5.41, 5.74) is 0. The third kappa shape index (κ3) is 7.86. The molecule has 0 aliphatic carbocycles. The molecule has 0 aromatic heterocycles. The summed E-state index contributed by atoms with van der Waals surface area (Å²) in [5, 5.41) is 6.32. The Morgan fingerprint density at radius 2 is 1.50 bits per heavy atom. The Labute approximate surface area is 60.2 Å².